The van der Waals surface area contributed by atoms with Crippen molar-refractivity contribution in [1.82, 2.24) is 4.98 Å². The number of ether oxygens (including phenoxy) is 1. The van der Waals surface area contributed by atoms with Crippen molar-refractivity contribution in [3.8, 4) is 5.75 Å². The molecule has 3 rings (SSSR count). The van der Waals surface area contributed by atoms with Gasteiger partial charge in [0.2, 0.25) is 0 Å². The van der Waals surface area contributed by atoms with Crippen LogP contribution < -0.4 is 21.5 Å². The van der Waals surface area contributed by atoms with Crippen LogP contribution in [0.15, 0.2) is 44.0 Å². The number of benzene rings is 2. The summed E-state index contributed by atoms with van der Waals surface area (Å²) in [6.07, 6.45) is 0. The number of nitrogen functional groups attached to an aromatic ring is 1. The van der Waals surface area contributed by atoms with Crippen molar-refractivity contribution in [2.24, 2.45) is 0 Å². The second-order valence-corrected chi connectivity index (χ2v) is 5.37. The molecule has 0 aliphatic carbocycles. The van der Waals surface area contributed by atoms with E-state index in [1.807, 2.05) is 18.2 Å². The largest absolute Gasteiger partial charge is 0.497 e. The number of fused-ring (bicyclic) bond motifs is 1. The van der Waals surface area contributed by atoms with Gasteiger partial charge in [-0.3, -0.25) is 4.98 Å². The zero-order valence-corrected chi connectivity index (χ0v) is 12.7. The maximum absolute atomic E-state index is 11.2. The lowest BCUT2D eigenvalue weighted by Crippen LogP contribution is -1.97. The van der Waals surface area contributed by atoms with Gasteiger partial charge in [-0.15, -0.1) is 0 Å². The summed E-state index contributed by atoms with van der Waals surface area (Å²) in [5.74, 6) is 0.203. The van der Waals surface area contributed by atoms with Crippen LogP contribution in [0.3, 0.4) is 0 Å². The Morgan fingerprint density at radius 2 is 2.10 bits per heavy atom. The van der Waals surface area contributed by atoms with Crippen LogP contribution in [0.5, 0.6) is 5.75 Å². The second-order valence-electron chi connectivity index (χ2n) is 4.45. The van der Waals surface area contributed by atoms with Gasteiger partial charge in [0.05, 0.1) is 24.0 Å². The van der Waals surface area contributed by atoms with Crippen molar-refractivity contribution in [3.05, 3.63) is 45.4 Å². The number of halogens is 1. The van der Waals surface area contributed by atoms with Crippen molar-refractivity contribution in [2.75, 3.05) is 18.2 Å². The zero-order chi connectivity index (χ0) is 15.0. The molecule has 0 amide bonds. The first-order chi connectivity index (χ1) is 10.0. The van der Waals surface area contributed by atoms with Crippen LogP contribution in [0.4, 0.5) is 17.1 Å². The highest BCUT2D eigenvalue weighted by Gasteiger charge is 2.08. The van der Waals surface area contributed by atoms with Gasteiger partial charge in [-0.05, 0) is 18.2 Å². The molecule has 3 aromatic rings. The molecule has 0 saturated heterocycles. The Bertz CT molecular complexity index is 870. The van der Waals surface area contributed by atoms with E-state index < -0.39 is 5.76 Å². The van der Waals surface area contributed by atoms with Gasteiger partial charge in [0.15, 0.2) is 5.58 Å². The highest BCUT2D eigenvalue weighted by atomic mass is 79.9. The third-order valence-corrected chi connectivity index (χ3v) is 3.43. The van der Waals surface area contributed by atoms with Gasteiger partial charge in [0, 0.05) is 22.3 Å². The number of rotatable bonds is 3. The maximum atomic E-state index is 11.2. The van der Waals surface area contributed by atoms with Crippen molar-refractivity contribution in [2.45, 2.75) is 0 Å². The molecule has 6 nitrogen and oxygen atoms in total. The average molecular weight is 350 g/mol. The molecule has 1 aromatic heterocycles. The van der Waals surface area contributed by atoms with Crippen molar-refractivity contribution in [3.63, 3.8) is 0 Å². The normalized spacial score (nSPS) is 10.8. The van der Waals surface area contributed by atoms with E-state index in [0.717, 1.165) is 10.2 Å². The minimum atomic E-state index is -0.509. The monoisotopic (exact) mass is 349 g/mol. The molecule has 0 atom stereocenters. The number of oxazole rings is 1. The summed E-state index contributed by atoms with van der Waals surface area (Å²) in [6.45, 7) is 0. The number of hydrogen-bond acceptors (Lipinski definition) is 5. The Kier molecular flexibility index (Phi) is 3.34. The SMILES string of the molecule is COc1cc(Br)cc(Nc2cc3[nH]c(=O)oc3cc2N)c1. The first kappa shape index (κ1) is 13.6. The third-order valence-electron chi connectivity index (χ3n) is 2.98. The quantitative estimate of drug-likeness (QED) is 0.631. The molecule has 0 bridgehead atoms. The summed E-state index contributed by atoms with van der Waals surface area (Å²) in [6, 6.07) is 8.91. The molecule has 1 heterocycles. The fourth-order valence-corrected chi connectivity index (χ4v) is 2.50. The summed E-state index contributed by atoms with van der Waals surface area (Å²) in [5.41, 5.74) is 8.93. The molecule has 0 aliphatic rings. The topological polar surface area (TPSA) is 93.3 Å². The lowest BCUT2D eigenvalue weighted by atomic mass is 10.2. The second kappa shape index (κ2) is 5.17. The predicted molar refractivity (Wildman–Crippen MR) is 85.2 cm³/mol. The van der Waals surface area contributed by atoms with Crippen LogP contribution >= 0.6 is 15.9 Å². The third kappa shape index (κ3) is 2.73. The number of methoxy groups -OCH3 is 1. The number of anilines is 3. The van der Waals surface area contributed by atoms with Crippen LogP contribution in [-0.4, -0.2) is 12.1 Å². The van der Waals surface area contributed by atoms with E-state index in [-0.39, 0.29) is 0 Å². The summed E-state index contributed by atoms with van der Waals surface area (Å²) < 4.78 is 11.1. The smallest absolute Gasteiger partial charge is 0.417 e. The Morgan fingerprint density at radius 1 is 1.29 bits per heavy atom. The minimum Gasteiger partial charge on any atom is -0.497 e. The molecule has 2 aromatic carbocycles. The van der Waals surface area contributed by atoms with Crippen molar-refractivity contribution >= 4 is 44.1 Å². The van der Waals surface area contributed by atoms with E-state index in [4.69, 9.17) is 14.9 Å². The summed E-state index contributed by atoms with van der Waals surface area (Å²) in [4.78, 5) is 13.8. The molecule has 7 heteroatoms. The molecule has 0 unspecified atom stereocenters. The number of aromatic nitrogens is 1. The van der Waals surface area contributed by atoms with E-state index >= 15 is 0 Å². The van der Waals surface area contributed by atoms with Crippen molar-refractivity contribution in [1.29, 1.82) is 0 Å². The van der Waals surface area contributed by atoms with Crippen LogP contribution in [0.1, 0.15) is 0 Å². The first-order valence-electron chi connectivity index (χ1n) is 6.09. The first-order valence-corrected chi connectivity index (χ1v) is 6.88. The fourth-order valence-electron chi connectivity index (χ4n) is 2.03. The number of nitrogens with two attached hydrogens (primary N) is 1. The summed E-state index contributed by atoms with van der Waals surface area (Å²) in [7, 11) is 1.60. The number of aromatic amines is 1. The standard InChI is InChI=1S/C14H12BrN3O3/c1-20-9-3-7(15)2-8(4-9)17-11-6-12-13(5-10(11)16)21-14(19)18-12/h2-6,17H,16H2,1H3,(H,18,19). The maximum Gasteiger partial charge on any atom is 0.417 e. The van der Waals surface area contributed by atoms with Gasteiger partial charge < -0.3 is 20.2 Å². The lowest BCUT2D eigenvalue weighted by Gasteiger charge is -2.11. The molecule has 0 radical (unpaired) electrons. The van der Waals surface area contributed by atoms with E-state index in [1.54, 1.807) is 19.2 Å². The zero-order valence-electron chi connectivity index (χ0n) is 11.1. The van der Waals surface area contributed by atoms with Gasteiger partial charge in [-0.2, -0.15) is 0 Å². The molecule has 21 heavy (non-hydrogen) atoms. The van der Waals surface area contributed by atoms with E-state index in [0.29, 0.717) is 28.2 Å². The van der Waals surface area contributed by atoms with Gasteiger partial charge in [0.1, 0.15) is 5.75 Å². The summed E-state index contributed by atoms with van der Waals surface area (Å²) in [5, 5.41) is 3.19. The lowest BCUT2D eigenvalue weighted by molar-refractivity contribution is 0.415. The molecular formula is C14H12BrN3O3. The number of hydrogen-bond donors (Lipinski definition) is 3. The highest BCUT2D eigenvalue weighted by molar-refractivity contribution is 9.10. The van der Waals surface area contributed by atoms with Crippen molar-refractivity contribution < 1.29 is 9.15 Å². The molecule has 108 valence electrons. The van der Waals surface area contributed by atoms with Crippen LogP contribution in [0.25, 0.3) is 11.1 Å². The van der Waals surface area contributed by atoms with Gasteiger partial charge >= 0.3 is 5.76 Å². The fraction of sp³-hybridized carbons (Fsp3) is 0.0714. The molecular weight excluding hydrogens is 338 g/mol. The van der Waals surface area contributed by atoms with Crippen LogP contribution in [0, 0.1) is 0 Å². The predicted octanol–water partition coefficient (Wildman–Crippen LogP) is 3.22. The number of H-pyrrole nitrogens is 1. The van der Waals surface area contributed by atoms with Crippen LogP contribution in [-0.2, 0) is 0 Å². The van der Waals surface area contributed by atoms with E-state index in [9.17, 15) is 4.79 Å². The highest BCUT2D eigenvalue weighted by Crippen LogP contribution is 2.31. The molecule has 4 N–H and O–H groups in total. The Hall–Kier alpha value is -2.41. The Morgan fingerprint density at radius 3 is 2.86 bits per heavy atom. The molecule has 0 fully saturated rings. The minimum absolute atomic E-state index is 0.426. The van der Waals surface area contributed by atoms with Gasteiger partial charge in [-0.1, -0.05) is 15.9 Å². The Labute approximate surface area is 128 Å². The van der Waals surface area contributed by atoms with E-state index in [1.165, 1.54) is 0 Å². The van der Waals surface area contributed by atoms with Crippen LogP contribution in [0.2, 0.25) is 0 Å². The molecule has 0 aliphatic heterocycles. The van der Waals surface area contributed by atoms with E-state index in [2.05, 4.69) is 26.2 Å². The van der Waals surface area contributed by atoms with Gasteiger partial charge in [-0.25, -0.2) is 4.79 Å². The number of nitrogens with one attached hydrogen (secondary N) is 2. The Balaban J connectivity index is 2.02. The molecule has 0 saturated carbocycles. The van der Waals surface area contributed by atoms with Gasteiger partial charge in [0.25, 0.3) is 0 Å². The summed E-state index contributed by atoms with van der Waals surface area (Å²) >= 11 is 3.42. The molecule has 0 spiro atoms. The average Bonchev–Trinajstić information content (AvgIpc) is 2.77.